The first-order chi connectivity index (χ1) is 12.4. The van der Waals surface area contributed by atoms with E-state index in [9.17, 15) is 14.0 Å². The number of carbonyl (C=O) groups is 2. The average Bonchev–Trinajstić information content (AvgIpc) is 2.96. The molecule has 1 aromatic carbocycles. The van der Waals surface area contributed by atoms with Crippen LogP contribution < -0.4 is 5.32 Å². The van der Waals surface area contributed by atoms with Gasteiger partial charge in [0.2, 0.25) is 0 Å². The van der Waals surface area contributed by atoms with Crippen molar-refractivity contribution in [3.05, 3.63) is 35.6 Å². The number of imide groups is 1. The summed E-state index contributed by atoms with van der Waals surface area (Å²) in [6.45, 7) is 4.96. The molecule has 26 heavy (non-hydrogen) atoms. The molecule has 3 rings (SSSR count). The third-order valence-electron chi connectivity index (χ3n) is 4.55. The molecule has 140 valence electrons. The highest BCUT2D eigenvalue weighted by Gasteiger charge is 2.48. The number of nitrogens with zero attached hydrogens (tertiary/aromatic N) is 3. The summed E-state index contributed by atoms with van der Waals surface area (Å²) in [4.78, 5) is 32.5. The Morgan fingerprint density at radius 2 is 1.96 bits per heavy atom. The molecule has 6 nitrogen and oxygen atoms in total. The van der Waals surface area contributed by atoms with E-state index in [4.69, 9.17) is 0 Å². The maximum Gasteiger partial charge on any atom is 0.325 e. The molecule has 0 aliphatic carbocycles. The molecule has 2 aliphatic rings. The molecule has 0 bridgehead atoms. The van der Waals surface area contributed by atoms with Crippen molar-refractivity contribution in [2.45, 2.75) is 38.2 Å². The quantitative estimate of drug-likeness (QED) is 0.856. The second kappa shape index (κ2) is 7.65. The fourth-order valence-electron chi connectivity index (χ4n) is 2.98. The highest BCUT2D eigenvalue weighted by atomic mass is 32.2. The number of benzene rings is 1. The van der Waals surface area contributed by atoms with Crippen molar-refractivity contribution < 1.29 is 14.0 Å². The van der Waals surface area contributed by atoms with Crippen molar-refractivity contribution in [1.29, 1.82) is 0 Å². The molecule has 0 saturated carbocycles. The number of amidine groups is 1. The third kappa shape index (κ3) is 3.85. The highest BCUT2D eigenvalue weighted by molar-refractivity contribution is 8.13. The Balaban J connectivity index is 1.78. The van der Waals surface area contributed by atoms with Crippen molar-refractivity contribution in [3.63, 3.8) is 0 Å². The molecule has 1 N–H and O–H groups in total. The number of aliphatic imine (C=N–C) groups is 1. The first kappa shape index (κ1) is 18.7. The van der Waals surface area contributed by atoms with E-state index in [1.807, 2.05) is 4.90 Å². The van der Waals surface area contributed by atoms with Gasteiger partial charge in [-0.2, -0.15) is 0 Å². The fraction of sp³-hybridized carbons (Fsp3) is 0.500. The number of amides is 3. The first-order valence-electron chi connectivity index (χ1n) is 8.66. The van der Waals surface area contributed by atoms with Gasteiger partial charge in [-0.1, -0.05) is 37.7 Å². The molecule has 0 spiro atoms. The van der Waals surface area contributed by atoms with E-state index in [1.54, 1.807) is 19.2 Å². The van der Waals surface area contributed by atoms with Crippen LogP contribution in [0.1, 0.15) is 25.8 Å². The highest BCUT2D eigenvalue weighted by Crippen LogP contribution is 2.30. The Kier molecular flexibility index (Phi) is 5.50. The molecule has 3 amide bonds. The standard InChI is InChI=1S/C18H23FN4O2S/c1-11(2)8-9-23-14-15(22(3)17(25)21-16(14)24)20-18(23)26-10-12-4-6-13(19)7-5-12/h4-7,11,14-15H,8-10H2,1-3H3,(H,21,24,25). The minimum atomic E-state index is -0.501. The van der Waals surface area contributed by atoms with Crippen LogP contribution in [0.3, 0.4) is 0 Å². The number of likely N-dealkylation sites (N-methyl/N-ethyl adjacent to an activating group) is 1. The van der Waals surface area contributed by atoms with E-state index in [-0.39, 0.29) is 11.7 Å². The van der Waals surface area contributed by atoms with E-state index in [0.717, 1.165) is 17.2 Å². The molecule has 2 atom stereocenters. The fourth-order valence-corrected chi connectivity index (χ4v) is 4.02. The third-order valence-corrected chi connectivity index (χ3v) is 5.63. The van der Waals surface area contributed by atoms with Gasteiger partial charge < -0.3 is 9.80 Å². The number of hydrogen-bond acceptors (Lipinski definition) is 5. The number of rotatable bonds is 5. The second-order valence-electron chi connectivity index (χ2n) is 6.97. The van der Waals surface area contributed by atoms with Crippen LogP contribution in [0.5, 0.6) is 0 Å². The number of halogens is 1. The molecule has 8 heteroatoms. The second-order valence-corrected chi connectivity index (χ2v) is 7.91. The lowest BCUT2D eigenvalue weighted by Crippen LogP contribution is -2.63. The molecule has 2 aliphatic heterocycles. The van der Waals surface area contributed by atoms with Crippen molar-refractivity contribution in [2.24, 2.45) is 10.9 Å². The number of fused-ring (bicyclic) bond motifs is 1. The van der Waals surface area contributed by atoms with Gasteiger partial charge in [-0.3, -0.25) is 10.1 Å². The Morgan fingerprint density at radius 1 is 1.27 bits per heavy atom. The summed E-state index contributed by atoms with van der Waals surface area (Å²) in [5, 5.41) is 3.15. The number of hydrogen-bond donors (Lipinski definition) is 1. The lowest BCUT2D eigenvalue weighted by Gasteiger charge is -2.36. The van der Waals surface area contributed by atoms with Crippen LogP contribution >= 0.6 is 11.8 Å². The maximum atomic E-state index is 13.1. The summed E-state index contributed by atoms with van der Waals surface area (Å²) in [7, 11) is 1.65. The van der Waals surface area contributed by atoms with Crippen molar-refractivity contribution in [3.8, 4) is 0 Å². The molecule has 1 fully saturated rings. The predicted molar refractivity (Wildman–Crippen MR) is 100 cm³/mol. The van der Waals surface area contributed by atoms with Gasteiger partial charge in [0, 0.05) is 19.3 Å². The lowest BCUT2D eigenvalue weighted by molar-refractivity contribution is -0.127. The van der Waals surface area contributed by atoms with Gasteiger partial charge in [0.15, 0.2) is 17.4 Å². The largest absolute Gasteiger partial charge is 0.336 e. The van der Waals surface area contributed by atoms with Crippen LogP contribution in [0.4, 0.5) is 9.18 Å². The zero-order chi connectivity index (χ0) is 18.8. The van der Waals surface area contributed by atoms with E-state index in [2.05, 4.69) is 24.2 Å². The average molecular weight is 378 g/mol. The van der Waals surface area contributed by atoms with Crippen molar-refractivity contribution >= 4 is 28.9 Å². The molecule has 0 radical (unpaired) electrons. The topological polar surface area (TPSA) is 65.0 Å². The van der Waals surface area contributed by atoms with Gasteiger partial charge in [-0.05, 0) is 30.0 Å². The molecule has 2 unspecified atom stereocenters. The van der Waals surface area contributed by atoms with Crippen LogP contribution in [0.25, 0.3) is 0 Å². The molecule has 1 saturated heterocycles. The van der Waals surface area contributed by atoms with Gasteiger partial charge >= 0.3 is 6.03 Å². The zero-order valence-corrected chi connectivity index (χ0v) is 15.9. The first-order valence-corrected chi connectivity index (χ1v) is 9.64. The zero-order valence-electron chi connectivity index (χ0n) is 15.1. The summed E-state index contributed by atoms with van der Waals surface area (Å²) in [5.74, 6) is 0.542. The number of nitrogens with one attached hydrogen (secondary N) is 1. The molecule has 2 heterocycles. The summed E-state index contributed by atoms with van der Waals surface area (Å²) in [6.07, 6.45) is 0.420. The van der Waals surface area contributed by atoms with E-state index in [1.165, 1.54) is 28.8 Å². The Bertz CT molecular complexity index is 722. The normalized spacial score (nSPS) is 22.6. The van der Waals surface area contributed by atoms with Gasteiger partial charge in [0.05, 0.1) is 0 Å². The van der Waals surface area contributed by atoms with Gasteiger partial charge in [-0.15, -0.1) is 0 Å². The van der Waals surface area contributed by atoms with E-state index >= 15 is 0 Å². The number of carbonyl (C=O) groups excluding carboxylic acids is 2. The molecule has 0 aromatic heterocycles. The van der Waals surface area contributed by atoms with Crippen LogP contribution in [-0.2, 0) is 10.5 Å². The van der Waals surface area contributed by atoms with Crippen LogP contribution in [-0.4, -0.2) is 52.7 Å². The number of thioether (sulfide) groups is 1. The molecular weight excluding hydrogens is 355 g/mol. The summed E-state index contributed by atoms with van der Waals surface area (Å²) >= 11 is 1.51. The Morgan fingerprint density at radius 3 is 2.62 bits per heavy atom. The minimum Gasteiger partial charge on any atom is -0.336 e. The van der Waals surface area contributed by atoms with Gasteiger partial charge in [0.1, 0.15) is 5.82 Å². The summed E-state index contributed by atoms with van der Waals surface area (Å²) < 4.78 is 13.1. The summed E-state index contributed by atoms with van der Waals surface area (Å²) in [5.41, 5.74) is 0.978. The minimum absolute atomic E-state index is 0.265. The maximum absolute atomic E-state index is 13.1. The predicted octanol–water partition coefficient (Wildman–Crippen LogP) is 2.65. The Labute approximate surface area is 156 Å². The van der Waals surface area contributed by atoms with Crippen molar-refractivity contribution in [1.82, 2.24) is 15.1 Å². The van der Waals surface area contributed by atoms with Crippen LogP contribution in [0.2, 0.25) is 0 Å². The van der Waals surface area contributed by atoms with Gasteiger partial charge in [-0.25, -0.2) is 14.2 Å². The summed E-state index contributed by atoms with van der Waals surface area (Å²) in [6, 6.07) is 5.43. The number of urea groups is 1. The molecular formula is C18H23FN4O2S. The van der Waals surface area contributed by atoms with E-state index in [0.29, 0.717) is 18.2 Å². The SMILES string of the molecule is CC(C)CCN1C(SCc2ccc(F)cc2)=NC2C1C(=O)NC(=O)N2C. The lowest BCUT2D eigenvalue weighted by atomic mass is 10.1. The van der Waals surface area contributed by atoms with Gasteiger partial charge in [0.25, 0.3) is 5.91 Å². The van der Waals surface area contributed by atoms with Crippen molar-refractivity contribution in [2.75, 3.05) is 13.6 Å². The van der Waals surface area contributed by atoms with Crippen LogP contribution in [0.15, 0.2) is 29.3 Å². The smallest absolute Gasteiger partial charge is 0.325 e. The molecule has 1 aromatic rings. The Hall–Kier alpha value is -2.09. The monoisotopic (exact) mass is 378 g/mol. The van der Waals surface area contributed by atoms with Crippen LogP contribution in [0, 0.1) is 11.7 Å². The van der Waals surface area contributed by atoms with E-state index < -0.39 is 18.2 Å².